The van der Waals surface area contributed by atoms with Gasteiger partial charge in [0.2, 0.25) is 11.9 Å². The number of thiophene rings is 1. The van der Waals surface area contributed by atoms with Crippen molar-refractivity contribution in [3.63, 3.8) is 0 Å². The highest BCUT2D eigenvalue weighted by Crippen LogP contribution is 2.17. The molecule has 114 valence electrons. The van der Waals surface area contributed by atoms with Gasteiger partial charge in [-0.3, -0.25) is 0 Å². The van der Waals surface area contributed by atoms with Crippen LogP contribution < -0.4 is 15.4 Å². The second-order valence-corrected chi connectivity index (χ2v) is 5.42. The molecule has 21 heavy (non-hydrogen) atoms. The largest absolute Gasteiger partial charge is 0.461 e. The van der Waals surface area contributed by atoms with Gasteiger partial charge < -0.3 is 20.5 Å². The van der Waals surface area contributed by atoms with E-state index >= 15 is 0 Å². The van der Waals surface area contributed by atoms with Crippen LogP contribution in [0.3, 0.4) is 0 Å². The van der Waals surface area contributed by atoms with Gasteiger partial charge in [0.15, 0.2) is 0 Å². The Hall–Kier alpha value is -1.93. The zero-order valence-corrected chi connectivity index (χ0v) is 13.0. The van der Waals surface area contributed by atoms with Gasteiger partial charge in [0.25, 0.3) is 0 Å². The maximum Gasteiger partial charge on any atom is 0.323 e. The minimum Gasteiger partial charge on any atom is -0.461 e. The number of aromatic nitrogens is 3. The number of ether oxygens (including phenoxy) is 1. The molecule has 2 heterocycles. The molecule has 2 rings (SSSR count). The predicted octanol–water partition coefficient (Wildman–Crippen LogP) is 1.91. The van der Waals surface area contributed by atoms with Crippen molar-refractivity contribution in [1.82, 2.24) is 15.0 Å². The molecule has 1 atom stereocenters. The summed E-state index contributed by atoms with van der Waals surface area (Å²) < 4.78 is 5.47. The average Bonchev–Trinajstić information content (AvgIpc) is 2.98. The molecular formula is C13H19N5O2S. The van der Waals surface area contributed by atoms with E-state index in [0.717, 1.165) is 5.56 Å². The van der Waals surface area contributed by atoms with Crippen LogP contribution in [0.15, 0.2) is 16.8 Å². The summed E-state index contributed by atoms with van der Waals surface area (Å²) in [6.07, 6.45) is -0.637. The number of aliphatic hydroxyl groups is 1. The van der Waals surface area contributed by atoms with Crippen LogP contribution >= 0.6 is 11.3 Å². The molecule has 0 saturated heterocycles. The molecule has 8 heteroatoms. The Labute approximate surface area is 127 Å². The lowest BCUT2D eigenvalue weighted by Crippen LogP contribution is -2.16. The van der Waals surface area contributed by atoms with Crippen LogP contribution in [-0.2, 0) is 0 Å². The Morgan fingerprint density at radius 1 is 1.29 bits per heavy atom. The fourth-order valence-electron chi connectivity index (χ4n) is 1.58. The lowest BCUT2D eigenvalue weighted by atomic mass is 10.2. The molecule has 0 aromatic carbocycles. The van der Waals surface area contributed by atoms with E-state index in [1.165, 1.54) is 0 Å². The zero-order valence-electron chi connectivity index (χ0n) is 12.2. The average molecular weight is 309 g/mol. The first-order valence-electron chi connectivity index (χ1n) is 6.63. The Morgan fingerprint density at radius 2 is 2.05 bits per heavy atom. The van der Waals surface area contributed by atoms with Crippen molar-refractivity contribution in [2.45, 2.75) is 26.1 Å². The van der Waals surface area contributed by atoms with E-state index in [1.54, 1.807) is 18.4 Å². The van der Waals surface area contributed by atoms with Gasteiger partial charge in [0.1, 0.15) is 0 Å². The Balaban J connectivity index is 2.04. The maximum atomic E-state index is 10.0. The summed E-state index contributed by atoms with van der Waals surface area (Å²) in [4.78, 5) is 12.5. The van der Waals surface area contributed by atoms with Gasteiger partial charge in [-0.15, -0.1) is 0 Å². The minimum absolute atomic E-state index is 0.0265. The second-order valence-electron chi connectivity index (χ2n) is 4.64. The summed E-state index contributed by atoms with van der Waals surface area (Å²) in [7, 11) is 1.72. The number of hydrogen-bond donors (Lipinski definition) is 3. The van der Waals surface area contributed by atoms with Gasteiger partial charge in [0, 0.05) is 13.6 Å². The SMILES string of the molecule is CNc1nc(NCC(O)c2ccsc2)nc(OC(C)C)n1. The molecule has 7 nitrogen and oxygen atoms in total. The van der Waals surface area contributed by atoms with E-state index in [4.69, 9.17) is 4.74 Å². The first kappa shape index (κ1) is 15.5. The fraction of sp³-hybridized carbons (Fsp3) is 0.462. The first-order chi connectivity index (χ1) is 10.1. The Morgan fingerprint density at radius 3 is 2.67 bits per heavy atom. The topological polar surface area (TPSA) is 92.2 Å². The Bertz CT molecular complexity index is 562. The van der Waals surface area contributed by atoms with Gasteiger partial charge >= 0.3 is 6.01 Å². The van der Waals surface area contributed by atoms with E-state index < -0.39 is 6.10 Å². The van der Waals surface area contributed by atoms with Crippen LogP contribution in [0.25, 0.3) is 0 Å². The summed E-state index contributed by atoms with van der Waals surface area (Å²) in [5.74, 6) is 0.771. The highest BCUT2D eigenvalue weighted by atomic mass is 32.1. The number of nitrogens with zero attached hydrogens (tertiary/aromatic N) is 3. The van der Waals surface area contributed by atoms with Crippen molar-refractivity contribution in [1.29, 1.82) is 0 Å². The summed E-state index contributed by atoms with van der Waals surface area (Å²) in [5, 5.41) is 19.7. The van der Waals surface area contributed by atoms with Crippen molar-refractivity contribution in [3.8, 4) is 6.01 Å². The molecule has 2 aromatic heterocycles. The van der Waals surface area contributed by atoms with Crippen LogP contribution in [-0.4, -0.2) is 39.8 Å². The van der Waals surface area contributed by atoms with Crippen molar-refractivity contribution in [3.05, 3.63) is 22.4 Å². The van der Waals surface area contributed by atoms with Gasteiger partial charge in [-0.1, -0.05) is 0 Å². The molecule has 0 aliphatic rings. The molecule has 0 amide bonds. The number of rotatable bonds is 7. The zero-order chi connectivity index (χ0) is 15.2. The standard InChI is InChI=1S/C13H19N5O2S/c1-8(2)20-13-17-11(14-3)16-12(18-13)15-6-10(19)9-4-5-21-7-9/h4-5,7-8,10,19H,6H2,1-3H3,(H2,14,15,16,17,18). The molecule has 0 aliphatic carbocycles. The molecule has 0 aliphatic heterocycles. The predicted molar refractivity (Wildman–Crippen MR) is 82.9 cm³/mol. The molecule has 0 bridgehead atoms. The second kappa shape index (κ2) is 7.19. The van der Waals surface area contributed by atoms with Crippen LogP contribution in [0.4, 0.5) is 11.9 Å². The smallest absolute Gasteiger partial charge is 0.323 e. The molecule has 0 saturated carbocycles. The molecule has 1 unspecified atom stereocenters. The van der Waals surface area contributed by atoms with Crippen LogP contribution in [0.2, 0.25) is 0 Å². The lowest BCUT2D eigenvalue weighted by Gasteiger charge is -2.13. The quantitative estimate of drug-likeness (QED) is 0.719. The third-order valence-corrected chi connectivity index (χ3v) is 3.26. The summed E-state index contributed by atoms with van der Waals surface area (Å²) in [6.45, 7) is 4.11. The number of anilines is 2. The number of hydrogen-bond acceptors (Lipinski definition) is 8. The number of aliphatic hydroxyl groups excluding tert-OH is 1. The minimum atomic E-state index is -0.611. The monoisotopic (exact) mass is 309 g/mol. The third kappa shape index (κ3) is 4.54. The summed E-state index contributed by atoms with van der Waals surface area (Å²) >= 11 is 1.55. The van der Waals surface area contributed by atoms with Gasteiger partial charge in [-0.25, -0.2) is 0 Å². The molecular weight excluding hydrogens is 290 g/mol. The van der Waals surface area contributed by atoms with E-state index in [0.29, 0.717) is 18.4 Å². The van der Waals surface area contributed by atoms with E-state index in [9.17, 15) is 5.11 Å². The van der Waals surface area contributed by atoms with Crippen LogP contribution in [0.5, 0.6) is 6.01 Å². The van der Waals surface area contributed by atoms with E-state index in [1.807, 2.05) is 30.7 Å². The van der Waals surface area contributed by atoms with Crippen molar-refractivity contribution >= 4 is 23.2 Å². The maximum absolute atomic E-state index is 10.0. The molecule has 2 aromatic rings. The van der Waals surface area contributed by atoms with Gasteiger partial charge in [-0.05, 0) is 36.2 Å². The molecule has 0 fully saturated rings. The summed E-state index contributed by atoms with van der Waals surface area (Å²) in [5.41, 5.74) is 0.869. The fourth-order valence-corrected chi connectivity index (χ4v) is 2.29. The lowest BCUT2D eigenvalue weighted by molar-refractivity contribution is 0.191. The van der Waals surface area contributed by atoms with E-state index in [2.05, 4.69) is 25.6 Å². The van der Waals surface area contributed by atoms with Crippen molar-refractivity contribution in [2.24, 2.45) is 0 Å². The van der Waals surface area contributed by atoms with Crippen molar-refractivity contribution in [2.75, 3.05) is 24.2 Å². The molecule has 0 radical (unpaired) electrons. The van der Waals surface area contributed by atoms with Crippen molar-refractivity contribution < 1.29 is 9.84 Å². The Kier molecular flexibility index (Phi) is 5.29. The molecule has 0 spiro atoms. The normalized spacial score (nSPS) is 12.2. The van der Waals surface area contributed by atoms with Crippen LogP contribution in [0, 0.1) is 0 Å². The van der Waals surface area contributed by atoms with Gasteiger partial charge in [-0.2, -0.15) is 26.3 Å². The van der Waals surface area contributed by atoms with Crippen LogP contribution in [0.1, 0.15) is 25.5 Å². The first-order valence-corrected chi connectivity index (χ1v) is 7.57. The molecule has 3 N–H and O–H groups in total. The number of nitrogens with one attached hydrogen (secondary N) is 2. The summed E-state index contributed by atoms with van der Waals surface area (Å²) in [6, 6.07) is 2.13. The highest BCUT2D eigenvalue weighted by molar-refractivity contribution is 7.07. The van der Waals surface area contributed by atoms with Gasteiger partial charge in [0.05, 0.1) is 12.2 Å². The van der Waals surface area contributed by atoms with E-state index in [-0.39, 0.29) is 12.1 Å². The highest BCUT2D eigenvalue weighted by Gasteiger charge is 2.11. The third-order valence-electron chi connectivity index (χ3n) is 2.56.